The molecule has 0 heterocycles. The smallest absolute Gasteiger partial charge is 0.341 e. The van der Waals surface area contributed by atoms with Gasteiger partial charge in [0.05, 0.1) is 5.69 Å². The van der Waals surface area contributed by atoms with Crippen LogP contribution in [0.3, 0.4) is 0 Å². The zero-order chi connectivity index (χ0) is 14.9. The van der Waals surface area contributed by atoms with Crippen molar-refractivity contribution in [3.05, 3.63) is 52.8 Å². The van der Waals surface area contributed by atoms with Crippen LogP contribution in [0.4, 0.5) is 10.1 Å². The number of nitrogens with two attached hydrogens (primary N) is 1. The highest BCUT2D eigenvalue weighted by molar-refractivity contribution is 5.97. The summed E-state index contributed by atoms with van der Waals surface area (Å²) >= 11 is 0. The molecule has 2 aromatic carbocycles. The molecule has 0 aliphatic rings. The van der Waals surface area contributed by atoms with Crippen LogP contribution in [0, 0.1) is 19.7 Å². The maximum atomic E-state index is 13.3. The summed E-state index contributed by atoms with van der Waals surface area (Å²) < 4.78 is 18.9. The minimum Gasteiger partial charge on any atom is -0.477 e. The molecule has 0 radical (unpaired) electrons. The lowest BCUT2D eigenvalue weighted by Gasteiger charge is -2.12. The van der Waals surface area contributed by atoms with Crippen molar-refractivity contribution >= 4 is 11.7 Å². The monoisotopic (exact) mass is 275 g/mol. The van der Waals surface area contributed by atoms with Crippen molar-refractivity contribution in [2.24, 2.45) is 0 Å². The average Bonchev–Trinajstić information content (AvgIpc) is 2.32. The lowest BCUT2D eigenvalue weighted by molar-refractivity contribution is 0.0695. The molecular formula is C15H14FNO3. The van der Waals surface area contributed by atoms with Gasteiger partial charge in [-0.3, -0.25) is 0 Å². The van der Waals surface area contributed by atoms with Gasteiger partial charge in [-0.25, -0.2) is 9.18 Å². The zero-order valence-electron chi connectivity index (χ0n) is 11.1. The lowest BCUT2D eigenvalue weighted by atomic mass is 10.1. The first-order valence-corrected chi connectivity index (χ1v) is 5.96. The molecule has 0 atom stereocenters. The van der Waals surface area contributed by atoms with Gasteiger partial charge < -0.3 is 15.6 Å². The Morgan fingerprint density at radius 1 is 1.20 bits per heavy atom. The second kappa shape index (κ2) is 5.21. The van der Waals surface area contributed by atoms with Crippen LogP contribution < -0.4 is 10.5 Å². The molecule has 0 aliphatic carbocycles. The summed E-state index contributed by atoms with van der Waals surface area (Å²) in [4.78, 5) is 11.2. The Labute approximate surface area is 115 Å². The Morgan fingerprint density at radius 2 is 1.80 bits per heavy atom. The van der Waals surface area contributed by atoms with E-state index in [1.807, 2.05) is 19.9 Å². The molecule has 0 bridgehead atoms. The number of carbonyl (C=O) groups is 1. The Hall–Kier alpha value is -2.56. The number of halogens is 1. The number of nitrogen functional groups attached to an aromatic ring is 1. The molecule has 5 heteroatoms. The van der Waals surface area contributed by atoms with Gasteiger partial charge in [0, 0.05) is 0 Å². The number of anilines is 1. The van der Waals surface area contributed by atoms with Crippen LogP contribution >= 0.6 is 0 Å². The highest BCUT2D eigenvalue weighted by atomic mass is 19.1. The highest BCUT2D eigenvalue weighted by Crippen LogP contribution is 2.31. The fourth-order valence-corrected chi connectivity index (χ4v) is 2.00. The van der Waals surface area contributed by atoms with Crippen LogP contribution in [-0.4, -0.2) is 11.1 Å². The fourth-order valence-electron chi connectivity index (χ4n) is 2.00. The maximum absolute atomic E-state index is 13.3. The topological polar surface area (TPSA) is 72.5 Å². The van der Waals surface area contributed by atoms with Crippen LogP contribution in [0.5, 0.6) is 11.5 Å². The summed E-state index contributed by atoms with van der Waals surface area (Å²) in [5.74, 6) is -1.62. The first kappa shape index (κ1) is 13.9. The predicted octanol–water partition coefficient (Wildman–Crippen LogP) is 3.52. The first-order chi connectivity index (χ1) is 9.38. The third-order valence-corrected chi connectivity index (χ3v) is 2.79. The molecule has 2 rings (SSSR count). The molecule has 0 aromatic heterocycles. The Balaban J connectivity index is 2.48. The summed E-state index contributed by atoms with van der Waals surface area (Å²) in [6.45, 7) is 3.80. The summed E-state index contributed by atoms with van der Waals surface area (Å²) in [6.07, 6.45) is 0. The quantitative estimate of drug-likeness (QED) is 0.841. The van der Waals surface area contributed by atoms with Gasteiger partial charge >= 0.3 is 5.97 Å². The molecule has 0 fully saturated rings. The molecule has 104 valence electrons. The van der Waals surface area contributed by atoms with E-state index >= 15 is 0 Å². The minimum atomic E-state index is -1.33. The Bertz CT molecular complexity index is 663. The molecule has 0 unspecified atom stereocenters. The van der Waals surface area contributed by atoms with Crippen molar-refractivity contribution in [1.29, 1.82) is 0 Å². The number of ether oxygens (including phenoxy) is 1. The molecule has 20 heavy (non-hydrogen) atoms. The largest absolute Gasteiger partial charge is 0.477 e. The van der Waals surface area contributed by atoms with E-state index in [2.05, 4.69) is 0 Å². The summed E-state index contributed by atoms with van der Waals surface area (Å²) in [5, 5.41) is 9.13. The first-order valence-electron chi connectivity index (χ1n) is 5.96. The molecule has 0 amide bonds. The van der Waals surface area contributed by atoms with Gasteiger partial charge in [0.25, 0.3) is 0 Å². The number of carboxylic acids is 1. The Kier molecular flexibility index (Phi) is 3.61. The molecule has 0 spiro atoms. The molecule has 3 N–H and O–H groups in total. The van der Waals surface area contributed by atoms with E-state index in [1.54, 1.807) is 12.1 Å². The highest BCUT2D eigenvalue weighted by Gasteiger charge is 2.19. The third-order valence-electron chi connectivity index (χ3n) is 2.79. The van der Waals surface area contributed by atoms with E-state index in [0.717, 1.165) is 17.2 Å². The van der Waals surface area contributed by atoms with Gasteiger partial charge in [0.1, 0.15) is 22.9 Å². The van der Waals surface area contributed by atoms with Crippen molar-refractivity contribution in [3.63, 3.8) is 0 Å². The van der Waals surface area contributed by atoms with Crippen molar-refractivity contribution in [1.82, 2.24) is 0 Å². The molecule has 2 aromatic rings. The van der Waals surface area contributed by atoms with E-state index in [1.165, 1.54) is 6.07 Å². The number of carboxylic acid groups (broad SMARTS) is 1. The van der Waals surface area contributed by atoms with Gasteiger partial charge in [-0.15, -0.1) is 0 Å². The van der Waals surface area contributed by atoms with Crippen LogP contribution in [0.25, 0.3) is 0 Å². The summed E-state index contributed by atoms with van der Waals surface area (Å²) in [5.41, 5.74) is 6.62. The predicted molar refractivity (Wildman–Crippen MR) is 73.8 cm³/mol. The van der Waals surface area contributed by atoms with Crippen molar-refractivity contribution in [3.8, 4) is 11.5 Å². The second-order valence-electron chi connectivity index (χ2n) is 4.56. The van der Waals surface area contributed by atoms with Gasteiger partial charge in [0.15, 0.2) is 0 Å². The zero-order valence-corrected chi connectivity index (χ0v) is 11.1. The van der Waals surface area contributed by atoms with E-state index in [-0.39, 0.29) is 11.3 Å². The lowest BCUT2D eigenvalue weighted by Crippen LogP contribution is -2.07. The normalized spacial score (nSPS) is 10.3. The molecule has 0 saturated heterocycles. The van der Waals surface area contributed by atoms with Crippen molar-refractivity contribution in [2.75, 3.05) is 5.73 Å². The van der Waals surface area contributed by atoms with E-state index in [9.17, 15) is 9.18 Å². The number of aryl methyl sites for hydroxylation is 2. The van der Waals surface area contributed by atoms with Crippen LogP contribution in [0.2, 0.25) is 0 Å². The number of hydrogen-bond acceptors (Lipinski definition) is 3. The van der Waals surface area contributed by atoms with E-state index < -0.39 is 17.5 Å². The van der Waals surface area contributed by atoms with Crippen molar-refractivity contribution in [2.45, 2.75) is 13.8 Å². The maximum Gasteiger partial charge on any atom is 0.341 e. The number of aromatic carboxylic acids is 1. The molecule has 0 saturated carbocycles. The number of hydrogen-bond donors (Lipinski definition) is 2. The van der Waals surface area contributed by atoms with Gasteiger partial charge in [0.2, 0.25) is 0 Å². The Morgan fingerprint density at radius 3 is 2.35 bits per heavy atom. The fraction of sp³-hybridized carbons (Fsp3) is 0.133. The van der Waals surface area contributed by atoms with E-state index in [0.29, 0.717) is 5.75 Å². The van der Waals surface area contributed by atoms with Gasteiger partial charge in [-0.05, 0) is 49.2 Å². The second-order valence-corrected chi connectivity index (χ2v) is 4.56. The average molecular weight is 275 g/mol. The SMILES string of the molecule is Cc1cc(C)cc(Oc2ccc(F)c(N)c2C(=O)O)c1. The molecule has 4 nitrogen and oxygen atoms in total. The standard InChI is InChI=1S/C15H14FNO3/c1-8-5-9(2)7-10(6-8)20-12-4-3-11(16)14(17)13(12)15(18)19/h3-7H,17H2,1-2H3,(H,18,19). The van der Waals surface area contributed by atoms with Crippen LogP contribution in [0.15, 0.2) is 30.3 Å². The molecular weight excluding hydrogens is 261 g/mol. The third kappa shape index (κ3) is 2.71. The number of rotatable bonds is 3. The van der Waals surface area contributed by atoms with E-state index in [4.69, 9.17) is 15.6 Å². The minimum absolute atomic E-state index is 0.0152. The van der Waals surface area contributed by atoms with Crippen LogP contribution in [-0.2, 0) is 0 Å². The summed E-state index contributed by atoms with van der Waals surface area (Å²) in [6, 6.07) is 7.83. The van der Waals surface area contributed by atoms with Crippen LogP contribution in [0.1, 0.15) is 21.5 Å². The number of benzene rings is 2. The van der Waals surface area contributed by atoms with Gasteiger partial charge in [-0.1, -0.05) is 6.07 Å². The molecule has 0 aliphatic heterocycles. The van der Waals surface area contributed by atoms with Gasteiger partial charge in [-0.2, -0.15) is 0 Å². The summed E-state index contributed by atoms with van der Waals surface area (Å²) in [7, 11) is 0. The van der Waals surface area contributed by atoms with Crippen molar-refractivity contribution < 1.29 is 19.0 Å².